The molecule has 0 radical (unpaired) electrons. The second kappa shape index (κ2) is 5.65. The van der Waals surface area contributed by atoms with Crippen LogP contribution in [0.15, 0.2) is 28.7 Å². The Labute approximate surface area is 91.3 Å². The largest absolute Gasteiger partial charge is 0.481 e. The Balaban J connectivity index is 2.28. The van der Waals surface area contributed by atoms with Gasteiger partial charge < -0.3 is 10.4 Å². The Kier molecular flexibility index (Phi) is 4.46. The van der Waals surface area contributed by atoms with E-state index in [2.05, 4.69) is 21.2 Å². The van der Waals surface area contributed by atoms with Crippen molar-refractivity contribution >= 4 is 27.6 Å². The van der Waals surface area contributed by atoms with Crippen LogP contribution < -0.4 is 5.32 Å². The van der Waals surface area contributed by atoms with Gasteiger partial charge in [0, 0.05) is 23.1 Å². The number of carboxylic acid groups (broad SMARTS) is 1. The summed E-state index contributed by atoms with van der Waals surface area (Å²) in [5, 5.41) is 11.6. The van der Waals surface area contributed by atoms with Crippen LogP contribution in [0.3, 0.4) is 0 Å². The zero-order valence-corrected chi connectivity index (χ0v) is 9.25. The number of rotatable bonds is 5. The van der Waals surface area contributed by atoms with Crippen LogP contribution >= 0.6 is 15.9 Å². The molecule has 0 unspecified atom stereocenters. The van der Waals surface area contributed by atoms with Crippen molar-refractivity contribution in [2.45, 2.75) is 12.8 Å². The van der Waals surface area contributed by atoms with E-state index in [1.165, 1.54) is 0 Å². The SMILES string of the molecule is O=C(O)CCCNc1cccc(Br)c1. The van der Waals surface area contributed by atoms with Gasteiger partial charge in [0.1, 0.15) is 0 Å². The lowest BCUT2D eigenvalue weighted by Gasteiger charge is -2.04. The van der Waals surface area contributed by atoms with Crippen LogP contribution in [-0.2, 0) is 4.79 Å². The van der Waals surface area contributed by atoms with E-state index >= 15 is 0 Å². The molecule has 0 aliphatic heterocycles. The Morgan fingerprint density at radius 1 is 1.50 bits per heavy atom. The van der Waals surface area contributed by atoms with Gasteiger partial charge in [-0.1, -0.05) is 22.0 Å². The molecule has 0 amide bonds. The van der Waals surface area contributed by atoms with Gasteiger partial charge in [-0.15, -0.1) is 0 Å². The monoisotopic (exact) mass is 257 g/mol. The van der Waals surface area contributed by atoms with Crippen molar-refractivity contribution in [3.63, 3.8) is 0 Å². The molecule has 0 heterocycles. The summed E-state index contributed by atoms with van der Waals surface area (Å²) >= 11 is 3.36. The summed E-state index contributed by atoms with van der Waals surface area (Å²) in [6.45, 7) is 0.683. The Bertz CT molecular complexity index is 315. The number of anilines is 1. The molecule has 1 aromatic carbocycles. The minimum Gasteiger partial charge on any atom is -0.481 e. The molecule has 0 aromatic heterocycles. The van der Waals surface area contributed by atoms with E-state index in [4.69, 9.17) is 5.11 Å². The van der Waals surface area contributed by atoms with Gasteiger partial charge >= 0.3 is 5.97 Å². The molecule has 1 rings (SSSR count). The van der Waals surface area contributed by atoms with Gasteiger partial charge in [0.15, 0.2) is 0 Å². The van der Waals surface area contributed by atoms with Crippen LogP contribution in [0.5, 0.6) is 0 Å². The average Bonchev–Trinajstić information content (AvgIpc) is 2.12. The average molecular weight is 258 g/mol. The standard InChI is InChI=1S/C10H12BrNO2/c11-8-3-1-4-9(7-8)12-6-2-5-10(13)14/h1,3-4,7,12H,2,5-6H2,(H,13,14). The molecule has 0 bridgehead atoms. The summed E-state index contributed by atoms with van der Waals surface area (Å²) in [5.41, 5.74) is 1.00. The molecular formula is C10H12BrNO2. The van der Waals surface area contributed by atoms with Gasteiger partial charge in [0.2, 0.25) is 0 Å². The number of hydrogen-bond acceptors (Lipinski definition) is 2. The second-order valence-electron chi connectivity index (χ2n) is 2.93. The molecule has 0 saturated heterocycles. The number of benzene rings is 1. The first-order valence-electron chi connectivity index (χ1n) is 4.40. The van der Waals surface area contributed by atoms with Gasteiger partial charge in [-0.3, -0.25) is 4.79 Å². The number of nitrogens with one attached hydrogen (secondary N) is 1. The Morgan fingerprint density at radius 3 is 2.93 bits per heavy atom. The predicted octanol–water partition coefficient (Wildman–Crippen LogP) is 2.73. The van der Waals surface area contributed by atoms with Crippen molar-refractivity contribution < 1.29 is 9.90 Å². The van der Waals surface area contributed by atoms with Crippen molar-refractivity contribution in [2.24, 2.45) is 0 Å². The molecule has 3 nitrogen and oxygen atoms in total. The Hall–Kier alpha value is -1.03. The van der Waals surface area contributed by atoms with Crippen molar-refractivity contribution in [1.29, 1.82) is 0 Å². The van der Waals surface area contributed by atoms with Crippen LogP contribution in [0.4, 0.5) is 5.69 Å². The van der Waals surface area contributed by atoms with Crippen LogP contribution in [0.25, 0.3) is 0 Å². The topological polar surface area (TPSA) is 49.3 Å². The fraction of sp³-hybridized carbons (Fsp3) is 0.300. The summed E-state index contributed by atoms with van der Waals surface area (Å²) in [5.74, 6) is -0.749. The zero-order valence-electron chi connectivity index (χ0n) is 7.66. The van der Waals surface area contributed by atoms with Gasteiger partial charge in [0.25, 0.3) is 0 Å². The fourth-order valence-electron chi connectivity index (χ4n) is 1.07. The minimum atomic E-state index is -0.749. The smallest absolute Gasteiger partial charge is 0.303 e. The molecule has 1 aromatic rings. The minimum absolute atomic E-state index is 0.209. The van der Waals surface area contributed by atoms with Crippen LogP contribution in [-0.4, -0.2) is 17.6 Å². The Morgan fingerprint density at radius 2 is 2.29 bits per heavy atom. The maximum absolute atomic E-state index is 10.2. The third kappa shape index (κ3) is 4.28. The lowest BCUT2D eigenvalue weighted by atomic mass is 10.3. The molecular weight excluding hydrogens is 246 g/mol. The molecule has 0 atom stereocenters. The van der Waals surface area contributed by atoms with Crippen molar-refractivity contribution in [1.82, 2.24) is 0 Å². The molecule has 0 aliphatic carbocycles. The molecule has 76 valence electrons. The number of carbonyl (C=O) groups is 1. The third-order valence-electron chi connectivity index (χ3n) is 1.72. The highest BCUT2D eigenvalue weighted by molar-refractivity contribution is 9.10. The van der Waals surface area contributed by atoms with E-state index in [0.29, 0.717) is 13.0 Å². The zero-order chi connectivity index (χ0) is 10.4. The molecule has 0 aliphatic rings. The van der Waals surface area contributed by atoms with Gasteiger partial charge in [-0.05, 0) is 24.6 Å². The fourth-order valence-corrected chi connectivity index (χ4v) is 1.47. The second-order valence-corrected chi connectivity index (χ2v) is 3.85. The summed E-state index contributed by atoms with van der Waals surface area (Å²) in [7, 11) is 0. The van der Waals surface area contributed by atoms with E-state index in [9.17, 15) is 4.79 Å². The first-order chi connectivity index (χ1) is 6.68. The summed E-state index contributed by atoms with van der Waals surface area (Å²) in [6.07, 6.45) is 0.850. The quantitative estimate of drug-likeness (QED) is 0.798. The summed E-state index contributed by atoms with van der Waals surface area (Å²) in [6, 6.07) is 7.79. The summed E-state index contributed by atoms with van der Waals surface area (Å²) < 4.78 is 1.01. The maximum Gasteiger partial charge on any atom is 0.303 e. The number of carboxylic acids is 1. The summed E-state index contributed by atoms with van der Waals surface area (Å²) in [4.78, 5) is 10.2. The first kappa shape index (κ1) is 11.0. The third-order valence-corrected chi connectivity index (χ3v) is 2.21. The number of aliphatic carboxylic acids is 1. The molecule has 0 saturated carbocycles. The van der Waals surface area contributed by atoms with Crippen molar-refractivity contribution in [3.05, 3.63) is 28.7 Å². The molecule has 4 heteroatoms. The highest BCUT2D eigenvalue weighted by Gasteiger charge is 1.96. The molecule has 0 spiro atoms. The number of halogens is 1. The van der Waals surface area contributed by atoms with Gasteiger partial charge in [-0.25, -0.2) is 0 Å². The molecule has 0 fully saturated rings. The lowest BCUT2D eigenvalue weighted by molar-refractivity contribution is -0.137. The van der Waals surface area contributed by atoms with Crippen LogP contribution in [0, 0.1) is 0 Å². The van der Waals surface area contributed by atoms with E-state index < -0.39 is 5.97 Å². The first-order valence-corrected chi connectivity index (χ1v) is 5.19. The highest BCUT2D eigenvalue weighted by atomic mass is 79.9. The number of hydrogen-bond donors (Lipinski definition) is 2. The van der Waals surface area contributed by atoms with Crippen molar-refractivity contribution in [2.75, 3.05) is 11.9 Å². The van der Waals surface area contributed by atoms with E-state index in [0.717, 1.165) is 10.2 Å². The van der Waals surface area contributed by atoms with Crippen LogP contribution in [0.1, 0.15) is 12.8 Å². The normalized spacial score (nSPS) is 9.79. The van der Waals surface area contributed by atoms with E-state index in [1.54, 1.807) is 0 Å². The maximum atomic E-state index is 10.2. The van der Waals surface area contributed by atoms with E-state index in [-0.39, 0.29) is 6.42 Å². The van der Waals surface area contributed by atoms with Gasteiger partial charge in [-0.2, -0.15) is 0 Å². The predicted molar refractivity (Wildman–Crippen MR) is 59.5 cm³/mol. The lowest BCUT2D eigenvalue weighted by Crippen LogP contribution is -2.04. The van der Waals surface area contributed by atoms with Gasteiger partial charge in [0.05, 0.1) is 0 Å². The van der Waals surface area contributed by atoms with Crippen LogP contribution in [0.2, 0.25) is 0 Å². The van der Waals surface area contributed by atoms with E-state index in [1.807, 2.05) is 24.3 Å². The molecule has 2 N–H and O–H groups in total. The highest BCUT2D eigenvalue weighted by Crippen LogP contribution is 2.15. The van der Waals surface area contributed by atoms with Crippen molar-refractivity contribution in [3.8, 4) is 0 Å². The molecule has 14 heavy (non-hydrogen) atoms.